The van der Waals surface area contributed by atoms with Gasteiger partial charge in [0, 0.05) is 28.4 Å². The Hall–Kier alpha value is -3.59. The van der Waals surface area contributed by atoms with Crippen LogP contribution in [0.1, 0.15) is 11.1 Å². The van der Waals surface area contributed by atoms with Gasteiger partial charge >= 0.3 is 5.63 Å². The molecular formula is C25H19NO2. The lowest BCUT2D eigenvalue weighted by Crippen LogP contribution is -2.08. The van der Waals surface area contributed by atoms with Gasteiger partial charge in [-0.1, -0.05) is 72.8 Å². The predicted octanol–water partition coefficient (Wildman–Crippen LogP) is 5.77. The van der Waals surface area contributed by atoms with Crippen LogP contribution in [0.15, 0.2) is 94.1 Å². The number of aryl methyl sites for hydroxylation is 1. The lowest BCUT2D eigenvalue weighted by Gasteiger charge is -2.08. The van der Waals surface area contributed by atoms with Crippen molar-refractivity contribution < 1.29 is 4.42 Å². The van der Waals surface area contributed by atoms with Crippen LogP contribution in [-0.2, 0) is 6.54 Å². The Morgan fingerprint density at radius 3 is 2.36 bits per heavy atom. The molecule has 0 saturated heterocycles. The molecule has 0 unspecified atom stereocenters. The number of fused-ring (bicyclic) bond motifs is 3. The molecule has 2 heterocycles. The molecule has 0 aliphatic rings. The van der Waals surface area contributed by atoms with E-state index in [0.717, 1.165) is 33.0 Å². The van der Waals surface area contributed by atoms with Gasteiger partial charge in [0.1, 0.15) is 11.3 Å². The predicted molar refractivity (Wildman–Crippen MR) is 114 cm³/mol. The number of aromatic nitrogens is 1. The van der Waals surface area contributed by atoms with Crippen molar-refractivity contribution >= 4 is 21.8 Å². The van der Waals surface area contributed by atoms with E-state index in [1.807, 2.05) is 67.6 Å². The molecular weight excluding hydrogens is 346 g/mol. The summed E-state index contributed by atoms with van der Waals surface area (Å²) in [6, 6.07) is 28.3. The topological polar surface area (TPSA) is 35.1 Å². The molecule has 0 saturated carbocycles. The summed E-state index contributed by atoms with van der Waals surface area (Å²) in [5.41, 5.74) is 4.52. The van der Waals surface area contributed by atoms with Crippen molar-refractivity contribution in [3.8, 4) is 11.3 Å². The molecule has 0 bridgehead atoms. The van der Waals surface area contributed by atoms with Crippen LogP contribution in [0.3, 0.4) is 0 Å². The molecule has 5 rings (SSSR count). The maximum atomic E-state index is 13.1. The van der Waals surface area contributed by atoms with Gasteiger partial charge in [-0.25, -0.2) is 4.79 Å². The molecule has 0 radical (unpaired) electrons. The van der Waals surface area contributed by atoms with Gasteiger partial charge in [0.2, 0.25) is 0 Å². The van der Waals surface area contributed by atoms with E-state index in [9.17, 15) is 4.79 Å². The molecule has 0 N–H and O–H groups in total. The average molecular weight is 365 g/mol. The van der Waals surface area contributed by atoms with Crippen molar-refractivity contribution in [1.82, 2.24) is 4.57 Å². The standard InChI is InChI=1S/C25H19NO2/c1-17-9-5-6-12-19(17)23-15-21-20-13-7-8-14-22(20)26(24(21)25(27)28-23)16-18-10-3-2-4-11-18/h2-15H,16H2,1H3. The van der Waals surface area contributed by atoms with Gasteiger partial charge in [-0.05, 0) is 30.2 Å². The fraction of sp³-hybridized carbons (Fsp3) is 0.0800. The average Bonchev–Trinajstić information content (AvgIpc) is 3.03. The Labute approximate surface area is 162 Å². The Morgan fingerprint density at radius 2 is 1.54 bits per heavy atom. The molecule has 0 aliphatic heterocycles. The van der Waals surface area contributed by atoms with Crippen LogP contribution >= 0.6 is 0 Å². The van der Waals surface area contributed by atoms with E-state index in [4.69, 9.17) is 4.42 Å². The highest BCUT2D eigenvalue weighted by atomic mass is 16.4. The van der Waals surface area contributed by atoms with Gasteiger partial charge in [-0.3, -0.25) is 0 Å². The number of hydrogen-bond acceptors (Lipinski definition) is 2. The van der Waals surface area contributed by atoms with Crippen LogP contribution in [0.25, 0.3) is 33.1 Å². The largest absolute Gasteiger partial charge is 0.421 e. The quantitative estimate of drug-likeness (QED) is 0.407. The minimum Gasteiger partial charge on any atom is -0.421 e. The zero-order chi connectivity index (χ0) is 19.1. The smallest absolute Gasteiger partial charge is 0.361 e. The van der Waals surface area contributed by atoms with Crippen LogP contribution in [-0.4, -0.2) is 4.57 Å². The molecule has 28 heavy (non-hydrogen) atoms. The monoisotopic (exact) mass is 365 g/mol. The molecule has 3 nitrogen and oxygen atoms in total. The third kappa shape index (κ3) is 2.64. The second kappa shape index (κ2) is 6.54. The van der Waals surface area contributed by atoms with E-state index >= 15 is 0 Å². The van der Waals surface area contributed by atoms with Crippen molar-refractivity contribution in [2.45, 2.75) is 13.5 Å². The van der Waals surface area contributed by atoms with Crippen LogP contribution < -0.4 is 5.63 Å². The minimum atomic E-state index is -0.303. The normalized spacial score (nSPS) is 11.3. The Bertz CT molecular complexity index is 1360. The van der Waals surface area contributed by atoms with Crippen LogP contribution in [0, 0.1) is 6.92 Å². The first-order valence-electron chi connectivity index (χ1n) is 9.37. The minimum absolute atomic E-state index is 0.303. The second-order valence-electron chi connectivity index (χ2n) is 7.06. The summed E-state index contributed by atoms with van der Waals surface area (Å²) in [6.07, 6.45) is 0. The zero-order valence-corrected chi connectivity index (χ0v) is 15.6. The summed E-state index contributed by atoms with van der Waals surface area (Å²) in [4.78, 5) is 13.1. The van der Waals surface area contributed by atoms with Crippen molar-refractivity contribution in [1.29, 1.82) is 0 Å². The molecule has 3 aromatic carbocycles. The highest BCUT2D eigenvalue weighted by molar-refractivity contribution is 6.08. The fourth-order valence-corrected chi connectivity index (χ4v) is 3.92. The van der Waals surface area contributed by atoms with E-state index in [2.05, 4.69) is 28.8 Å². The lowest BCUT2D eigenvalue weighted by molar-refractivity contribution is 0.530. The lowest BCUT2D eigenvalue weighted by atomic mass is 10.0. The first kappa shape index (κ1) is 16.6. The van der Waals surface area contributed by atoms with E-state index < -0.39 is 0 Å². The summed E-state index contributed by atoms with van der Waals surface area (Å²) in [6.45, 7) is 2.65. The Kier molecular flexibility index (Phi) is 3.87. The summed E-state index contributed by atoms with van der Waals surface area (Å²) in [5, 5.41) is 2.00. The second-order valence-corrected chi connectivity index (χ2v) is 7.06. The number of rotatable bonds is 3. The van der Waals surface area contributed by atoms with Crippen LogP contribution in [0.5, 0.6) is 0 Å². The highest BCUT2D eigenvalue weighted by Gasteiger charge is 2.17. The van der Waals surface area contributed by atoms with Gasteiger partial charge in [-0.15, -0.1) is 0 Å². The highest BCUT2D eigenvalue weighted by Crippen LogP contribution is 2.32. The first-order valence-corrected chi connectivity index (χ1v) is 9.37. The Morgan fingerprint density at radius 1 is 0.821 bits per heavy atom. The molecule has 3 heteroatoms. The molecule has 5 aromatic rings. The summed E-state index contributed by atoms with van der Waals surface area (Å²) >= 11 is 0. The summed E-state index contributed by atoms with van der Waals surface area (Å²) < 4.78 is 7.85. The number of benzene rings is 3. The number of para-hydroxylation sites is 1. The molecule has 0 atom stereocenters. The van der Waals surface area contributed by atoms with Gasteiger partial charge in [0.25, 0.3) is 0 Å². The molecule has 0 amide bonds. The molecule has 0 spiro atoms. The summed E-state index contributed by atoms with van der Waals surface area (Å²) in [5.74, 6) is 0.609. The zero-order valence-electron chi connectivity index (χ0n) is 15.6. The van der Waals surface area contributed by atoms with E-state index in [1.54, 1.807) is 0 Å². The van der Waals surface area contributed by atoms with Gasteiger partial charge in [0.05, 0.1) is 0 Å². The molecule has 136 valence electrons. The summed E-state index contributed by atoms with van der Waals surface area (Å²) in [7, 11) is 0. The van der Waals surface area contributed by atoms with Gasteiger partial charge in [0.15, 0.2) is 0 Å². The van der Waals surface area contributed by atoms with Crippen molar-refractivity contribution in [2.24, 2.45) is 0 Å². The van der Waals surface area contributed by atoms with Gasteiger partial charge in [-0.2, -0.15) is 0 Å². The van der Waals surface area contributed by atoms with Gasteiger partial charge < -0.3 is 8.98 Å². The number of nitrogens with zero attached hydrogens (tertiary/aromatic N) is 1. The first-order chi connectivity index (χ1) is 13.7. The van der Waals surface area contributed by atoms with E-state index in [0.29, 0.717) is 17.8 Å². The van der Waals surface area contributed by atoms with E-state index in [1.165, 1.54) is 0 Å². The number of hydrogen-bond donors (Lipinski definition) is 0. The Balaban J connectivity index is 1.81. The van der Waals surface area contributed by atoms with Crippen molar-refractivity contribution in [2.75, 3.05) is 0 Å². The molecule has 0 fully saturated rings. The van der Waals surface area contributed by atoms with E-state index in [-0.39, 0.29) is 5.63 Å². The third-order valence-electron chi connectivity index (χ3n) is 5.28. The van der Waals surface area contributed by atoms with Crippen molar-refractivity contribution in [3.05, 3.63) is 106 Å². The molecule has 2 aromatic heterocycles. The SMILES string of the molecule is Cc1ccccc1-c1cc2c3ccccc3n(Cc3ccccc3)c2c(=O)o1. The maximum Gasteiger partial charge on any atom is 0.361 e. The van der Waals surface area contributed by atoms with Crippen molar-refractivity contribution in [3.63, 3.8) is 0 Å². The molecule has 0 aliphatic carbocycles. The van der Waals surface area contributed by atoms with Crippen LogP contribution in [0.4, 0.5) is 0 Å². The maximum absolute atomic E-state index is 13.1. The third-order valence-corrected chi connectivity index (χ3v) is 5.28. The fourth-order valence-electron chi connectivity index (χ4n) is 3.92. The van der Waals surface area contributed by atoms with Crippen LogP contribution in [0.2, 0.25) is 0 Å².